The van der Waals surface area contributed by atoms with Gasteiger partial charge in [0.2, 0.25) is 11.8 Å². The molecule has 0 atom stereocenters. The second kappa shape index (κ2) is 8.67. The molecule has 10 heteroatoms. The lowest BCUT2D eigenvalue weighted by Crippen LogP contribution is -2.42. The highest BCUT2D eigenvalue weighted by Gasteiger charge is 2.16. The number of hydrazine groups is 1. The number of hydrogen-bond acceptors (Lipinski definition) is 8. The molecule has 0 spiro atoms. The lowest BCUT2D eigenvalue weighted by atomic mass is 10.1. The van der Waals surface area contributed by atoms with Crippen molar-refractivity contribution in [2.24, 2.45) is 0 Å². The number of likely N-dealkylation sites (tertiary alicyclic amines) is 1. The van der Waals surface area contributed by atoms with Crippen molar-refractivity contribution in [3.8, 4) is 0 Å². The molecule has 2 amide bonds. The van der Waals surface area contributed by atoms with Crippen molar-refractivity contribution >= 4 is 23.6 Å². The molecule has 1 aliphatic heterocycles. The van der Waals surface area contributed by atoms with E-state index in [1.807, 2.05) is 0 Å². The monoisotopic (exact) mass is 365 g/mol. The molecule has 3 heterocycles. The summed E-state index contributed by atoms with van der Waals surface area (Å²) >= 11 is 1.11. The minimum absolute atomic E-state index is 0.0454. The summed E-state index contributed by atoms with van der Waals surface area (Å²) in [6.45, 7) is 2.73. The van der Waals surface area contributed by atoms with E-state index in [9.17, 15) is 9.59 Å². The van der Waals surface area contributed by atoms with Crippen LogP contribution in [0.15, 0.2) is 32.5 Å². The van der Waals surface area contributed by atoms with E-state index >= 15 is 0 Å². The third kappa shape index (κ3) is 5.33. The molecule has 25 heavy (non-hydrogen) atoms. The molecule has 134 valence electrons. The number of piperidine rings is 1. The highest BCUT2D eigenvalue weighted by molar-refractivity contribution is 7.99. The van der Waals surface area contributed by atoms with Crippen LogP contribution in [0.25, 0.3) is 0 Å². The summed E-state index contributed by atoms with van der Waals surface area (Å²) in [7, 11) is 0. The molecule has 0 radical (unpaired) electrons. The molecule has 1 saturated heterocycles. The predicted molar refractivity (Wildman–Crippen MR) is 88.5 cm³/mol. The fourth-order valence-electron chi connectivity index (χ4n) is 2.43. The number of rotatable bonds is 6. The van der Waals surface area contributed by atoms with Crippen LogP contribution in [0.1, 0.15) is 35.7 Å². The molecule has 3 rings (SSSR count). The summed E-state index contributed by atoms with van der Waals surface area (Å²) in [5.74, 6) is -0.196. The maximum absolute atomic E-state index is 11.7. The fourth-order valence-corrected chi connectivity index (χ4v) is 3.01. The van der Waals surface area contributed by atoms with Crippen LogP contribution in [-0.4, -0.2) is 45.8 Å². The summed E-state index contributed by atoms with van der Waals surface area (Å²) in [4.78, 5) is 25.6. The minimum Gasteiger partial charge on any atom is -0.459 e. The molecule has 1 fully saturated rings. The SMILES string of the molecule is O=C(CSc1nnc(CN2CCCCC2)o1)NNC(=O)c1ccco1. The normalized spacial score (nSPS) is 15.0. The van der Waals surface area contributed by atoms with Gasteiger partial charge in [-0.1, -0.05) is 18.2 Å². The van der Waals surface area contributed by atoms with Crippen molar-refractivity contribution in [1.29, 1.82) is 0 Å². The molecular weight excluding hydrogens is 346 g/mol. The van der Waals surface area contributed by atoms with Gasteiger partial charge in [-0.3, -0.25) is 25.3 Å². The highest BCUT2D eigenvalue weighted by Crippen LogP contribution is 2.18. The first-order valence-electron chi connectivity index (χ1n) is 8.01. The van der Waals surface area contributed by atoms with E-state index in [1.54, 1.807) is 6.07 Å². The standard InChI is InChI=1S/C15H19N5O4S/c21-12(16-18-14(22)11-5-4-8-23-11)10-25-15-19-17-13(24-15)9-20-6-2-1-3-7-20/h4-5,8H,1-3,6-7,9-10H2,(H,16,21)(H,18,22). The molecular formula is C15H19N5O4S. The third-order valence-corrected chi connectivity index (χ3v) is 4.46. The fraction of sp³-hybridized carbons (Fsp3) is 0.467. The average Bonchev–Trinajstić information content (AvgIpc) is 3.31. The number of furan rings is 1. The van der Waals surface area contributed by atoms with Crippen molar-refractivity contribution in [3.63, 3.8) is 0 Å². The van der Waals surface area contributed by atoms with Gasteiger partial charge in [0.1, 0.15) is 0 Å². The average molecular weight is 365 g/mol. The van der Waals surface area contributed by atoms with Gasteiger partial charge >= 0.3 is 5.91 Å². The first-order valence-corrected chi connectivity index (χ1v) is 8.99. The van der Waals surface area contributed by atoms with Gasteiger partial charge in [0, 0.05) is 0 Å². The van der Waals surface area contributed by atoms with Gasteiger partial charge in [0.25, 0.3) is 5.22 Å². The van der Waals surface area contributed by atoms with Crippen LogP contribution in [0.2, 0.25) is 0 Å². The molecule has 0 saturated carbocycles. The van der Waals surface area contributed by atoms with E-state index in [-0.39, 0.29) is 17.4 Å². The number of carbonyl (C=O) groups is 2. The van der Waals surface area contributed by atoms with E-state index in [2.05, 4.69) is 25.9 Å². The second-order valence-corrected chi connectivity index (χ2v) is 6.49. The summed E-state index contributed by atoms with van der Waals surface area (Å²) in [6, 6.07) is 3.09. The molecule has 2 N–H and O–H groups in total. The first-order chi connectivity index (χ1) is 12.2. The lowest BCUT2D eigenvalue weighted by molar-refractivity contribution is -0.119. The molecule has 0 aliphatic carbocycles. The predicted octanol–water partition coefficient (Wildman–Crippen LogP) is 1.20. The topological polar surface area (TPSA) is 114 Å². The van der Waals surface area contributed by atoms with Crippen LogP contribution in [0.5, 0.6) is 0 Å². The van der Waals surface area contributed by atoms with Crippen molar-refractivity contribution in [2.75, 3.05) is 18.8 Å². The number of thioether (sulfide) groups is 1. The molecule has 1 aliphatic rings. The Morgan fingerprint density at radius 2 is 2.04 bits per heavy atom. The number of aromatic nitrogens is 2. The van der Waals surface area contributed by atoms with Gasteiger partial charge in [0.15, 0.2) is 5.76 Å². The van der Waals surface area contributed by atoms with Crippen LogP contribution in [0.3, 0.4) is 0 Å². The smallest absolute Gasteiger partial charge is 0.305 e. The van der Waals surface area contributed by atoms with Crippen LogP contribution in [0, 0.1) is 0 Å². The van der Waals surface area contributed by atoms with E-state index in [0.29, 0.717) is 17.7 Å². The number of amides is 2. The third-order valence-electron chi connectivity index (χ3n) is 3.64. The van der Waals surface area contributed by atoms with Gasteiger partial charge in [-0.2, -0.15) is 0 Å². The van der Waals surface area contributed by atoms with Crippen molar-refractivity contribution < 1.29 is 18.4 Å². The lowest BCUT2D eigenvalue weighted by Gasteiger charge is -2.24. The number of carbonyl (C=O) groups excluding carboxylic acids is 2. The quantitative estimate of drug-likeness (QED) is 0.580. The second-order valence-electron chi connectivity index (χ2n) is 5.57. The Kier molecular flexibility index (Phi) is 6.07. The Morgan fingerprint density at radius 3 is 2.80 bits per heavy atom. The highest BCUT2D eigenvalue weighted by atomic mass is 32.2. The van der Waals surface area contributed by atoms with E-state index in [4.69, 9.17) is 8.83 Å². The number of nitrogens with zero attached hydrogens (tertiary/aromatic N) is 3. The van der Waals surface area contributed by atoms with E-state index in [1.165, 1.54) is 31.6 Å². The Balaban J connectivity index is 1.38. The Hall–Kier alpha value is -2.33. The Labute approximate surface area is 148 Å². The maximum Gasteiger partial charge on any atom is 0.305 e. The molecule has 2 aromatic rings. The van der Waals surface area contributed by atoms with Crippen LogP contribution in [-0.2, 0) is 11.3 Å². The van der Waals surface area contributed by atoms with E-state index in [0.717, 1.165) is 24.9 Å². The van der Waals surface area contributed by atoms with E-state index < -0.39 is 5.91 Å². The molecule has 0 aromatic carbocycles. The molecule has 2 aromatic heterocycles. The molecule has 0 bridgehead atoms. The molecule has 0 unspecified atom stereocenters. The first kappa shape index (κ1) is 17.5. The van der Waals surface area contributed by atoms with Gasteiger partial charge in [-0.15, -0.1) is 10.2 Å². The van der Waals surface area contributed by atoms with Crippen LogP contribution in [0.4, 0.5) is 0 Å². The summed E-state index contributed by atoms with van der Waals surface area (Å²) < 4.78 is 10.5. The largest absolute Gasteiger partial charge is 0.459 e. The zero-order valence-electron chi connectivity index (χ0n) is 13.6. The van der Waals surface area contributed by atoms with Crippen molar-refractivity contribution in [1.82, 2.24) is 25.9 Å². The van der Waals surface area contributed by atoms with Crippen LogP contribution >= 0.6 is 11.8 Å². The van der Waals surface area contributed by atoms with Crippen molar-refractivity contribution in [2.45, 2.75) is 31.0 Å². The number of hydrogen-bond donors (Lipinski definition) is 2. The van der Waals surface area contributed by atoms with Crippen LogP contribution < -0.4 is 10.9 Å². The molecule has 9 nitrogen and oxygen atoms in total. The summed E-state index contributed by atoms with van der Waals surface area (Å²) in [6.07, 6.45) is 5.04. The zero-order chi connectivity index (χ0) is 17.5. The summed E-state index contributed by atoms with van der Waals surface area (Å²) in [5.41, 5.74) is 4.56. The Bertz CT molecular complexity index is 697. The summed E-state index contributed by atoms with van der Waals surface area (Å²) in [5, 5.41) is 8.26. The maximum atomic E-state index is 11.7. The van der Waals surface area contributed by atoms with Crippen molar-refractivity contribution in [3.05, 3.63) is 30.0 Å². The van der Waals surface area contributed by atoms with Gasteiger partial charge in [-0.25, -0.2) is 0 Å². The van der Waals surface area contributed by atoms with Gasteiger partial charge in [0.05, 0.1) is 18.6 Å². The van der Waals surface area contributed by atoms with Gasteiger partial charge in [-0.05, 0) is 38.1 Å². The number of nitrogens with one attached hydrogen (secondary N) is 2. The van der Waals surface area contributed by atoms with Gasteiger partial charge < -0.3 is 8.83 Å². The zero-order valence-corrected chi connectivity index (χ0v) is 14.4. The minimum atomic E-state index is -0.523. The Morgan fingerprint density at radius 1 is 1.20 bits per heavy atom.